The third-order valence-corrected chi connectivity index (χ3v) is 4.00. The summed E-state index contributed by atoms with van der Waals surface area (Å²) in [7, 11) is 0. The predicted octanol–water partition coefficient (Wildman–Crippen LogP) is 4.14. The first-order valence-corrected chi connectivity index (χ1v) is 7.96. The summed E-state index contributed by atoms with van der Waals surface area (Å²) in [6.45, 7) is 0.768. The standard InChI is InChI=1S/C16H17ClO2S/c17-15-4-6-16(7-5-15)19-8-9-20-12-14-3-1-2-13(10-14)11-18/h1-7,10,18H,8-9,11-12H2. The Labute approximate surface area is 128 Å². The lowest BCUT2D eigenvalue weighted by Gasteiger charge is -2.06. The molecular formula is C16H17ClO2S. The monoisotopic (exact) mass is 308 g/mol. The van der Waals surface area contributed by atoms with Crippen LogP contribution in [0, 0.1) is 0 Å². The zero-order chi connectivity index (χ0) is 14.2. The van der Waals surface area contributed by atoms with Crippen molar-refractivity contribution in [3.8, 4) is 5.75 Å². The average molecular weight is 309 g/mol. The topological polar surface area (TPSA) is 29.5 Å². The van der Waals surface area contributed by atoms with Crippen molar-refractivity contribution in [2.75, 3.05) is 12.4 Å². The van der Waals surface area contributed by atoms with Crippen LogP contribution in [0.1, 0.15) is 11.1 Å². The highest BCUT2D eigenvalue weighted by Gasteiger charge is 1.97. The summed E-state index contributed by atoms with van der Waals surface area (Å²) in [4.78, 5) is 0. The smallest absolute Gasteiger partial charge is 0.119 e. The van der Waals surface area contributed by atoms with Gasteiger partial charge in [0, 0.05) is 16.5 Å². The second-order valence-electron chi connectivity index (χ2n) is 4.33. The second kappa shape index (κ2) is 8.20. The highest BCUT2D eigenvalue weighted by Crippen LogP contribution is 2.17. The summed E-state index contributed by atoms with van der Waals surface area (Å²) in [5.74, 6) is 2.70. The maximum absolute atomic E-state index is 9.08. The van der Waals surface area contributed by atoms with E-state index in [0.29, 0.717) is 6.61 Å². The lowest BCUT2D eigenvalue weighted by atomic mass is 10.1. The van der Waals surface area contributed by atoms with E-state index in [1.54, 1.807) is 0 Å². The van der Waals surface area contributed by atoms with Gasteiger partial charge in [-0.3, -0.25) is 0 Å². The van der Waals surface area contributed by atoms with Crippen molar-refractivity contribution < 1.29 is 9.84 Å². The number of thioether (sulfide) groups is 1. The van der Waals surface area contributed by atoms with Crippen LogP contribution in [0.4, 0.5) is 0 Å². The van der Waals surface area contributed by atoms with E-state index in [0.717, 1.165) is 27.8 Å². The SMILES string of the molecule is OCc1cccc(CSCCOc2ccc(Cl)cc2)c1. The largest absolute Gasteiger partial charge is 0.493 e. The van der Waals surface area contributed by atoms with E-state index in [1.165, 1.54) is 5.56 Å². The van der Waals surface area contributed by atoms with Crippen LogP contribution in [0.2, 0.25) is 5.02 Å². The zero-order valence-electron chi connectivity index (χ0n) is 11.1. The molecule has 0 aliphatic heterocycles. The number of aliphatic hydroxyl groups excluding tert-OH is 1. The first-order valence-electron chi connectivity index (χ1n) is 6.43. The second-order valence-corrected chi connectivity index (χ2v) is 5.87. The van der Waals surface area contributed by atoms with Crippen LogP contribution in [-0.2, 0) is 12.4 Å². The van der Waals surface area contributed by atoms with Crippen LogP contribution in [0.3, 0.4) is 0 Å². The Hall–Kier alpha value is -1.16. The highest BCUT2D eigenvalue weighted by molar-refractivity contribution is 7.98. The van der Waals surface area contributed by atoms with Gasteiger partial charge in [-0.25, -0.2) is 0 Å². The Morgan fingerprint density at radius 1 is 1.05 bits per heavy atom. The van der Waals surface area contributed by atoms with Crippen molar-refractivity contribution >= 4 is 23.4 Å². The molecule has 0 fully saturated rings. The van der Waals surface area contributed by atoms with Crippen molar-refractivity contribution in [2.24, 2.45) is 0 Å². The van der Waals surface area contributed by atoms with Crippen molar-refractivity contribution in [3.63, 3.8) is 0 Å². The highest BCUT2D eigenvalue weighted by atomic mass is 35.5. The Bertz CT molecular complexity index is 528. The van der Waals surface area contributed by atoms with Crippen LogP contribution in [-0.4, -0.2) is 17.5 Å². The molecule has 0 heterocycles. The number of benzene rings is 2. The average Bonchev–Trinajstić information content (AvgIpc) is 2.49. The van der Waals surface area contributed by atoms with E-state index in [4.69, 9.17) is 21.4 Å². The number of halogens is 1. The molecule has 0 aliphatic rings. The van der Waals surface area contributed by atoms with Crippen LogP contribution >= 0.6 is 23.4 Å². The molecule has 2 rings (SSSR count). The van der Waals surface area contributed by atoms with E-state index in [1.807, 2.05) is 54.2 Å². The fourth-order valence-corrected chi connectivity index (χ4v) is 2.64. The predicted molar refractivity (Wildman–Crippen MR) is 85.5 cm³/mol. The zero-order valence-corrected chi connectivity index (χ0v) is 12.7. The molecule has 0 spiro atoms. The van der Waals surface area contributed by atoms with E-state index in [2.05, 4.69) is 6.07 Å². The molecule has 20 heavy (non-hydrogen) atoms. The molecule has 0 unspecified atom stereocenters. The molecule has 0 radical (unpaired) electrons. The number of hydrogen-bond acceptors (Lipinski definition) is 3. The minimum atomic E-state index is 0.0954. The van der Waals surface area contributed by atoms with Crippen molar-refractivity contribution in [1.29, 1.82) is 0 Å². The van der Waals surface area contributed by atoms with Gasteiger partial charge >= 0.3 is 0 Å². The van der Waals surface area contributed by atoms with Gasteiger partial charge in [0.05, 0.1) is 13.2 Å². The van der Waals surface area contributed by atoms with Gasteiger partial charge in [0.25, 0.3) is 0 Å². The first-order chi connectivity index (χ1) is 9.78. The van der Waals surface area contributed by atoms with Crippen molar-refractivity contribution in [2.45, 2.75) is 12.4 Å². The fraction of sp³-hybridized carbons (Fsp3) is 0.250. The third kappa shape index (κ3) is 5.08. The van der Waals surface area contributed by atoms with Gasteiger partial charge in [0.15, 0.2) is 0 Å². The minimum Gasteiger partial charge on any atom is -0.493 e. The van der Waals surface area contributed by atoms with Crippen LogP contribution in [0.15, 0.2) is 48.5 Å². The Morgan fingerprint density at radius 2 is 1.80 bits per heavy atom. The van der Waals surface area contributed by atoms with Gasteiger partial charge in [-0.05, 0) is 35.4 Å². The molecule has 2 aromatic carbocycles. The normalized spacial score (nSPS) is 10.5. The van der Waals surface area contributed by atoms with Crippen LogP contribution < -0.4 is 4.74 Å². The molecule has 4 heteroatoms. The molecule has 0 saturated heterocycles. The van der Waals surface area contributed by atoms with Gasteiger partial charge in [-0.15, -0.1) is 0 Å². The molecule has 0 saturated carbocycles. The first kappa shape index (κ1) is 15.2. The number of rotatable bonds is 7. The molecule has 2 aromatic rings. The summed E-state index contributed by atoms with van der Waals surface area (Å²) < 4.78 is 5.62. The number of ether oxygens (including phenoxy) is 1. The van der Waals surface area contributed by atoms with E-state index >= 15 is 0 Å². The molecule has 2 nitrogen and oxygen atoms in total. The molecule has 0 aromatic heterocycles. The molecule has 0 aliphatic carbocycles. The fourth-order valence-electron chi connectivity index (χ4n) is 1.76. The summed E-state index contributed by atoms with van der Waals surface area (Å²) in [5.41, 5.74) is 2.19. The summed E-state index contributed by atoms with van der Waals surface area (Å²) in [6.07, 6.45) is 0. The Morgan fingerprint density at radius 3 is 2.55 bits per heavy atom. The van der Waals surface area contributed by atoms with E-state index in [9.17, 15) is 0 Å². The Balaban J connectivity index is 1.67. The van der Waals surface area contributed by atoms with Gasteiger partial charge in [-0.1, -0.05) is 35.9 Å². The van der Waals surface area contributed by atoms with Gasteiger partial charge in [0.2, 0.25) is 0 Å². The molecule has 0 atom stereocenters. The molecule has 1 N–H and O–H groups in total. The lowest BCUT2D eigenvalue weighted by molar-refractivity contribution is 0.282. The maximum atomic E-state index is 9.08. The van der Waals surface area contributed by atoms with Crippen LogP contribution in [0.25, 0.3) is 0 Å². The summed E-state index contributed by atoms with van der Waals surface area (Å²) in [6, 6.07) is 15.4. The molecular weight excluding hydrogens is 292 g/mol. The quantitative estimate of drug-likeness (QED) is 0.779. The van der Waals surface area contributed by atoms with E-state index < -0.39 is 0 Å². The van der Waals surface area contributed by atoms with Gasteiger partial charge < -0.3 is 9.84 Å². The van der Waals surface area contributed by atoms with Crippen molar-refractivity contribution in [3.05, 3.63) is 64.7 Å². The number of aliphatic hydroxyl groups is 1. The lowest BCUT2D eigenvalue weighted by Crippen LogP contribution is -2.00. The van der Waals surface area contributed by atoms with E-state index in [-0.39, 0.29) is 6.61 Å². The van der Waals surface area contributed by atoms with Crippen LogP contribution in [0.5, 0.6) is 5.75 Å². The maximum Gasteiger partial charge on any atom is 0.119 e. The summed E-state index contributed by atoms with van der Waals surface area (Å²) in [5, 5.41) is 9.80. The van der Waals surface area contributed by atoms with Gasteiger partial charge in [0.1, 0.15) is 5.75 Å². The minimum absolute atomic E-state index is 0.0954. The Kier molecular flexibility index (Phi) is 6.25. The molecule has 0 amide bonds. The summed E-state index contributed by atoms with van der Waals surface area (Å²) >= 11 is 7.63. The number of hydrogen-bond donors (Lipinski definition) is 1. The van der Waals surface area contributed by atoms with Crippen molar-refractivity contribution in [1.82, 2.24) is 0 Å². The molecule has 0 bridgehead atoms. The molecule has 106 valence electrons. The van der Waals surface area contributed by atoms with Gasteiger partial charge in [-0.2, -0.15) is 11.8 Å². The third-order valence-electron chi connectivity index (χ3n) is 2.75.